The molecule has 8 nitrogen and oxygen atoms in total. The van der Waals surface area contributed by atoms with Crippen LogP contribution in [0.1, 0.15) is 61.0 Å². The molecule has 1 atom stereocenters. The lowest BCUT2D eigenvalue weighted by atomic mass is 10.0. The number of aliphatic imine (C=N–C) groups is 1. The molecule has 0 spiro atoms. The second-order valence-corrected chi connectivity index (χ2v) is 10.4. The van der Waals surface area contributed by atoms with E-state index in [9.17, 15) is 14.4 Å². The third-order valence-electron chi connectivity index (χ3n) is 6.49. The van der Waals surface area contributed by atoms with Crippen molar-refractivity contribution in [1.82, 2.24) is 9.88 Å². The van der Waals surface area contributed by atoms with E-state index in [-0.39, 0.29) is 18.4 Å². The second-order valence-electron chi connectivity index (χ2n) is 9.96. The third kappa shape index (κ3) is 11.1. The van der Waals surface area contributed by atoms with E-state index in [1.54, 1.807) is 56.6 Å². The number of likely N-dealkylation sites (N-methyl/N-ethyl adjacent to an activating group) is 1. The van der Waals surface area contributed by atoms with Crippen LogP contribution in [0.25, 0.3) is 0 Å². The van der Waals surface area contributed by atoms with Gasteiger partial charge in [-0.2, -0.15) is 0 Å². The van der Waals surface area contributed by atoms with Crippen molar-refractivity contribution in [2.45, 2.75) is 39.5 Å². The minimum absolute atomic E-state index is 0.0282. The second kappa shape index (κ2) is 18.4. The van der Waals surface area contributed by atoms with Crippen molar-refractivity contribution in [3.63, 3.8) is 0 Å². The Balaban J connectivity index is 0.000000256. The zero-order valence-corrected chi connectivity index (χ0v) is 25.9. The first-order valence-electron chi connectivity index (χ1n) is 14.1. The van der Waals surface area contributed by atoms with Gasteiger partial charge < -0.3 is 14.5 Å². The molecule has 0 bridgehead atoms. The molecule has 42 heavy (non-hydrogen) atoms. The minimum atomic E-state index is -0.248. The SMILES string of the molecule is CCCCC(CC)COC(=O)c1ccncc1.CN(C)C=O.CN1C(=O)CN=C(c2ccccc2)c2cc(Cl)ccc21. The lowest BCUT2D eigenvalue weighted by molar-refractivity contribution is -0.117. The van der Waals surface area contributed by atoms with Crippen LogP contribution in [0.3, 0.4) is 0 Å². The van der Waals surface area contributed by atoms with Crippen LogP contribution in [0.4, 0.5) is 5.69 Å². The van der Waals surface area contributed by atoms with Crippen LogP contribution >= 0.6 is 11.6 Å². The maximum Gasteiger partial charge on any atom is 0.338 e. The molecule has 1 aliphatic heterocycles. The van der Waals surface area contributed by atoms with Crippen molar-refractivity contribution in [2.24, 2.45) is 10.9 Å². The Morgan fingerprint density at radius 3 is 2.36 bits per heavy atom. The molecule has 0 saturated heterocycles. The molecule has 1 aromatic heterocycles. The Labute approximate surface area is 254 Å². The Morgan fingerprint density at radius 1 is 1.10 bits per heavy atom. The highest BCUT2D eigenvalue weighted by Gasteiger charge is 2.22. The topological polar surface area (TPSA) is 92.2 Å². The number of ether oxygens (including phenoxy) is 1. The average molecular weight is 593 g/mol. The molecule has 2 aromatic carbocycles. The van der Waals surface area contributed by atoms with E-state index in [0.717, 1.165) is 41.8 Å². The maximum absolute atomic E-state index is 12.0. The third-order valence-corrected chi connectivity index (χ3v) is 6.72. The summed E-state index contributed by atoms with van der Waals surface area (Å²) in [6, 6.07) is 18.7. The summed E-state index contributed by atoms with van der Waals surface area (Å²) < 4.78 is 5.31. The first kappa shape index (κ1) is 34.2. The minimum Gasteiger partial charge on any atom is -0.462 e. The zero-order valence-electron chi connectivity index (χ0n) is 25.1. The summed E-state index contributed by atoms with van der Waals surface area (Å²) in [6.45, 7) is 4.99. The molecule has 2 heterocycles. The average Bonchev–Trinajstić information content (AvgIpc) is 3.14. The van der Waals surface area contributed by atoms with Gasteiger partial charge in [0, 0.05) is 49.7 Å². The normalized spacial score (nSPS) is 12.7. The van der Waals surface area contributed by atoms with Gasteiger partial charge in [0.15, 0.2) is 0 Å². The zero-order chi connectivity index (χ0) is 30.9. The Hall–Kier alpha value is -4.04. The van der Waals surface area contributed by atoms with E-state index in [1.807, 2.05) is 42.5 Å². The van der Waals surface area contributed by atoms with E-state index in [0.29, 0.717) is 23.1 Å². The fourth-order valence-corrected chi connectivity index (χ4v) is 4.14. The smallest absolute Gasteiger partial charge is 0.338 e. The fraction of sp³-hybridized carbons (Fsp3) is 0.364. The molecule has 0 radical (unpaired) electrons. The summed E-state index contributed by atoms with van der Waals surface area (Å²) >= 11 is 6.11. The first-order chi connectivity index (χ1) is 20.2. The predicted octanol–water partition coefficient (Wildman–Crippen LogP) is 6.31. The lowest BCUT2D eigenvalue weighted by Crippen LogP contribution is -2.27. The van der Waals surface area contributed by atoms with Crippen LogP contribution in [0.2, 0.25) is 5.02 Å². The predicted molar refractivity (Wildman–Crippen MR) is 169 cm³/mol. The number of anilines is 1. The summed E-state index contributed by atoms with van der Waals surface area (Å²) in [6.07, 6.45) is 8.54. The number of hydrogen-bond acceptors (Lipinski definition) is 6. The molecule has 9 heteroatoms. The van der Waals surface area contributed by atoms with E-state index >= 15 is 0 Å². The summed E-state index contributed by atoms with van der Waals surface area (Å²) in [4.78, 5) is 44.6. The van der Waals surface area contributed by atoms with Crippen molar-refractivity contribution >= 4 is 41.3 Å². The van der Waals surface area contributed by atoms with Gasteiger partial charge in [-0.15, -0.1) is 0 Å². The highest BCUT2D eigenvalue weighted by atomic mass is 35.5. The molecule has 0 saturated carbocycles. The number of nitrogens with zero attached hydrogens (tertiary/aromatic N) is 4. The van der Waals surface area contributed by atoms with Crippen molar-refractivity contribution in [3.8, 4) is 0 Å². The molecule has 3 aromatic rings. The highest BCUT2D eigenvalue weighted by Crippen LogP contribution is 2.28. The van der Waals surface area contributed by atoms with Gasteiger partial charge >= 0.3 is 5.97 Å². The van der Waals surface area contributed by atoms with Crippen LogP contribution in [-0.2, 0) is 14.3 Å². The molecule has 0 N–H and O–H groups in total. The molecule has 1 unspecified atom stereocenters. The van der Waals surface area contributed by atoms with Crippen LogP contribution in [0.5, 0.6) is 0 Å². The number of fused-ring (bicyclic) bond motifs is 1. The molecular formula is C33H41ClN4O4. The van der Waals surface area contributed by atoms with Crippen molar-refractivity contribution in [2.75, 3.05) is 39.2 Å². The van der Waals surface area contributed by atoms with Gasteiger partial charge in [0.05, 0.1) is 23.6 Å². The number of aromatic nitrogens is 1. The molecule has 0 fully saturated rings. The van der Waals surface area contributed by atoms with E-state index in [2.05, 4.69) is 23.8 Å². The van der Waals surface area contributed by atoms with Crippen LogP contribution < -0.4 is 4.90 Å². The molecule has 4 rings (SSSR count). The monoisotopic (exact) mass is 592 g/mol. The van der Waals surface area contributed by atoms with Gasteiger partial charge in [-0.3, -0.25) is 19.6 Å². The van der Waals surface area contributed by atoms with E-state index < -0.39 is 0 Å². The number of amides is 2. The van der Waals surface area contributed by atoms with E-state index in [4.69, 9.17) is 16.3 Å². The van der Waals surface area contributed by atoms with Crippen molar-refractivity contribution in [3.05, 3.63) is 94.8 Å². The van der Waals surface area contributed by atoms with Gasteiger partial charge in [0.1, 0.15) is 6.54 Å². The Kier molecular flexibility index (Phi) is 15.0. The number of benzene rings is 2. The van der Waals surface area contributed by atoms with Gasteiger partial charge in [-0.05, 0) is 42.7 Å². The molecule has 1 aliphatic rings. The van der Waals surface area contributed by atoms with Gasteiger partial charge in [-0.1, -0.05) is 75.0 Å². The van der Waals surface area contributed by atoms with Crippen molar-refractivity contribution < 1.29 is 19.1 Å². The fourth-order valence-electron chi connectivity index (χ4n) is 3.97. The summed E-state index contributed by atoms with van der Waals surface area (Å²) in [5.74, 6) is 0.211. The lowest BCUT2D eigenvalue weighted by Gasteiger charge is -2.18. The molecule has 0 aliphatic carbocycles. The number of esters is 1. The molecule has 224 valence electrons. The number of benzodiazepines with no additional fused rings is 1. The number of hydrogen-bond donors (Lipinski definition) is 0. The van der Waals surface area contributed by atoms with Crippen LogP contribution in [0, 0.1) is 5.92 Å². The van der Waals surface area contributed by atoms with Crippen molar-refractivity contribution in [1.29, 1.82) is 0 Å². The number of rotatable bonds is 9. The van der Waals surface area contributed by atoms with Crippen LogP contribution in [-0.4, -0.2) is 68.2 Å². The maximum atomic E-state index is 12.0. The van der Waals surface area contributed by atoms with Gasteiger partial charge in [-0.25, -0.2) is 4.79 Å². The number of unbranched alkanes of at least 4 members (excludes halogenated alkanes) is 1. The van der Waals surface area contributed by atoms with Gasteiger partial charge in [0.2, 0.25) is 12.3 Å². The Bertz CT molecular complexity index is 1300. The summed E-state index contributed by atoms with van der Waals surface area (Å²) in [7, 11) is 5.14. The molecule has 2 amide bonds. The largest absolute Gasteiger partial charge is 0.462 e. The number of carbonyl (C=O) groups excluding carboxylic acids is 3. The highest BCUT2D eigenvalue weighted by molar-refractivity contribution is 6.32. The van der Waals surface area contributed by atoms with Crippen LogP contribution in [0.15, 0.2) is 78.0 Å². The standard InChI is InChI=1S/C16H13ClN2O.C14H21NO2.C3H7NO/c1-19-14-8-7-12(17)9-13(14)16(18-10-15(19)20)11-5-3-2-4-6-11;1-3-5-6-12(4-2)11-17-14(16)13-7-9-15-10-8-13;1-4(2)3-5/h2-9H,10H2,1H3;7-10,12H,3-6,11H2,1-2H3;3H,1-2H3. The quantitative estimate of drug-likeness (QED) is 0.214. The number of halogens is 1. The molecular weight excluding hydrogens is 552 g/mol. The Morgan fingerprint density at radius 2 is 1.76 bits per heavy atom. The number of carbonyl (C=O) groups is 3. The first-order valence-corrected chi connectivity index (χ1v) is 14.4. The van der Waals surface area contributed by atoms with Gasteiger partial charge in [0.25, 0.3) is 0 Å². The number of pyridine rings is 1. The van der Waals surface area contributed by atoms with E-state index in [1.165, 1.54) is 17.7 Å². The summed E-state index contributed by atoms with van der Waals surface area (Å²) in [5, 5.41) is 0.634. The summed E-state index contributed by atoms with van der Waals surface area (Å²) in [5.41, 5.74) is 4.09.